The van der Waals surface area contributed by atoms with E-state index in [-0.39, 0.29) is 18.1 Å². The molecular weight excluding hydrogens is 446 g/mol. The van der Waals surface area contributed by atoms with Gasteiger partial charge in [-0.2, -0.15) is 0 Å². The number of hydrogen-bond donors (Lipinski definition) is 1. The van der Waals surface area contributed by atoms with E-state index in [1.807, 2.05) is 41.3 Å². The lowest BCUT2D eigenvalue weighted by atomic mass is 9.96. The fraction of sp³-hybridized carbons (Fsp3) is 0.348. The van der Waals surface area contributed by atoms with Crippen LogP contribution in [0.2, 0.25) is 0 Å². The minimum absolute atomic E-state index is 0.0128. The maximum absolute atomic E-state index is 13.3. The first-order valence-corrected chi connectivity index (χ1v) is 11.0. The van der Waals surface area contributed by atoms with Crippen molar-refractivity contribution >= 4 is 38.4 Å². The largest absolute Gasteiger partial charge is 0.396 e. The standard InChI is InChI=1S/C23H24BrN3O3/c1-2-10-26-20-9-8-15(24)13-17(20)18(23(26)30)14-21-25-19-7-4-3-6-16(19)22(29)27(21)11-5-12-28/h3-4,6-9,13,18,28H,2,5,10-12,14H2,1H3/t18-/m0/s1. The summed E-state index contributed by atoms with van der Waals surface area (Å²) in [6.45, 7) is 3.07. The minimum atomic E-state index is -0.391. The van der Waals surface area contributed by atoms with Gasteiger partial charge >= 0.3 is 0 Å². The van der Waals surface area contributed by atoms with E-state index in [1.165, 1.54) is 0 Å². The number of carbonyl (C=O) groups is 1. The summed E-state index contributed by atoms with van der Waals surface area (Å²) in [5, 5.41) is 9.85. The van der Waals surface area contributed by atoms with Crippen LogP contribution in [0.3, 0.4) is 0 Å². The normalized spacial score (nSPS) is 15.8. The molecule has 1 aliphatic heterocycles. The highest BCUT2D eigenvalue weighted by molar-refractivity contribution is 9.10. The van der Waals surface area contributed by atoms with E-state index in [1.54, 1.807) is 10.6 Å². The van der Waals surface area contributed by atoms with Crippen molar-refractivity contribution in [3.8, 4) is 0 Å². The third-order valence-corrected chi connectivity index (χ3v) is 6.03. The van der Waals surface area contributed by atoms with Gasteiger partial charge in [-0.3, -0.25) is 14.2 Å². The summed E-state index contributed by atoms with van der Waals surface area (Å²) < 4.78 is 2.54. The van der Waals surface area contributed by atoms with Crippen LogP contribution in [-0.4, -0.2) is 33.7 Å². The Bertz CT molecular complexity index is 1160. The van der Waals surface area contributed by atoms with Gasteiger partial charge < -0.3 is 10.0 Å². The average molecular weight is 470 g/mol. The van der Waals surface area contributed by atoms with Gasteiger partial charge in [0.15, 0.2) is 0 Å². The first-order chi connectivity index (χ1) is 14.5. The molecule has 6 nitrogen and oxygen atoms in total. The molecule has 1 amide bonds. The number of aliphatic hydroxyl groups excluding tert-OH is 1. The van der Waals surface area contributed by atoms with E-state index in [2.05, 4.69) is 22.9 Å². The molecule has 2 heterocycles. The number of hydrogen-bond acceptors (Lipinski definition) is 4. The molecule has 0 fully saturated rings. The molecule has 7 heteroatoms. The lowest BCUT2D eigenvalue weighted by Gasteiger charge is -2.18. The van der Waals surface area contributed by atoms with Gasteiger partial charge in [-0.25, -0.2) is 4.98 Å². The predicted octanol–water partition coefficient (Wildman–Crippen LogP) is 3.62. The number of carbonyl (C=O) groups excluding carboxylic acids is 1. The highest BCUT2D eigenvalue weighted by Gasteiger charge is 2.37. The van der Waals surface area contributed by atoms with Crippen LogP contribution in [-0.2, 0) is 17.8 Å². The molecule has 1 aromatic heterocycles. The first-order valence-electron chi connectivity index (χ1n) is 10.2. The van der Waals surface area contributed by atoms with Crippen molar-refractivity contribution in [3.63, 3.8) is 0 Å². The Morgan fingerprint density at radius 1 is 1.13 bits per heavy atom. The number of rotatable bonds is 7. The monoisotopic (exact) mass is 469 g/mol. The molecule has 1 atom stereocenters. The number of amides is 1. The van der Waals surface area contributed by atoms with Gasteiger partial charge in [0.2, 0.25) is 5.91 Å². The smallest absolute Gasteiger partial charge is 0.261 e. The van der Waals surface area contributed by atoms with Gasteiger partial charge in [0.25, 0.3) is 5.56 Å². The number of nitrogens with zero attached hydrogens (tertiary/aromatic N) is 3. The van der Waals surface area contributed by atoms with Gasteiger partial charge in [0.1, 0.15) is 5.82 Å². The Morgan fingerprint density at radius 3 is 2.70 bits per heavy atom. The van der Waals surface area contributed by atoms with Gasteiger partial charge in [-0.05, 0) is 48.7 Å². The van der Waals surface area contributed by atoms with Crippen molar-refractivity contribution in [3.05, 3.63) is 68.7 Å². The van der Waals surface area contributed by atoms with E-state index in [9.17, 15) is 14.7 Å². The molecule has 4 rings (SSSR count). The number of aromatic nitrogens is 2. The lowest BCUT2D eigenvalue weighted by molar-refractivity contribution is -0.119. The molecule has 0 unspecified atom stereocenters. The Kier molecular flexibility index (Phi) is 6.01. The molecule has 0 saturated heterocycles. The topological polar surface area (TPSA) is 75.4 Å². The molecule has 0 bridgehead atoms. The molecule has 1 N–H and O–H groups in total. The van der Waals surface area contributed by atoms with Crippen molar-refractivity contribution < 1.29 is 9.90 Å². The zero-order valence-electron chi connectivity index (χ0n) is 16.8. The molecule has 156 valence electrons. The van der Waals surface area contributed by atoms with Crippen molar-refractivity contribution in [1.29, 1.82) is 0 Å². The van der Waals surface area contributed by atoms with Gasteiger partial charge in [-0.1, -0.05) is 35.0 Å². The quantitative estimate of drug-likeness (QED) is 0.573. The maximum Gasteiger partial charge on any atom is 0.261 e. The molecule has 0 saturated carbocycles. The third-order valence-electron chi connectivity index (χ3n) is 5.53. The third kappa shape index (κ3) is 3.68. The number of aliphatic hydroxyl groups is 1. The summed E-state index contributed by atoms with van der Waals surface area (Å²) in [6, 6.07) is 13.2. The Hall–Kier alpha value is -2.51. The Labute approximate surface area is 183 Å². The second kappa shape index (κ2) is 8.70. The lowest BCUT2D eigenvalue weighted by Crippen LogP contribution is -2.32. The molecule has 0 aliphatic carbocycles. The second-order valence-electron chi connectivity index (χ2n) is 7.53. The fourth-order valence-electron chi connectivity index (χ4n) is 4.15. The molecule has 0 spiro atoms. The molecule has 0 radical (unpaired) electrons. The van der Waals surface area contributed by atoms with E-state index in [0.717, 1.165) is 22.1 Å². The summed E-state index contributed by atoms with van der Waals surface area (Å²) in [6.07, 6.45) is 1.66. The fourth-order valence-corrected chi connectivity index (χ4v) is 4.53. The van der Waals surface area contributed by atoms with Crippen LogP contribution in [0.15, 0.2) is 51.7 Å². The number of anilines is 1. The van der Waals surface area contributed by atoms with Crippen LogP contribution in [0, 0.1) is 0 Å². The van der Waals surface area contributed by atoms with Gasteiger partial charge in [0, 0.05) is 36.3 Å². The highest BCUT2D eigenvalue weighted by Crippen LogP contribution is 2.40. The zero-order chi connectivity index (χ0) is 21.3. The van der Waals surface area contributed by atoms with Crippen molar-refractivity contribution in [2.75, 3.05) is 18.1 Å². The van der Waals surface area contributed by atoms with E-state index >= 15 is 0 Å². The van der Waals surface area contributed by atoms with Gasteiger partial charge in [0.05, 0.1) is 16.8 Å². The summed E-state index contributed by atoms with van der Waals surface area (Å²) >= 11 is 3.52. The Balaban J connectivity index is 1.81. The second-order valence-corrected chi connectivity index (χ2v) is 8.44. The number of fused-ring (bicyclic) bond motifs is 2. The van der Waals surface area contributed by atoms with Crippen molar-refractivity contribution in [2.24, 2.45) is 0 Å². The zero-order valence-corrected chi connectivity index (χ0v) is 18.4. The number of benzene rings is 2. The number of halogens is 1. The van der Waals surface area contributed by atoms with Crippen LogP contribution in [0.5, 0.6) is 0 Å². The minimum Gasteiger partial charge on any atom is -0.396 e. The van der Waals surface area contributed by atoms with Crippen LogP contribution in [0.4, 0.5) is 5.69 Å². The van der Waals surface area contributed by atoms with E-state index in [4.69, 9.17) is 4.98 Å². The van der Waals surface area contributed by atoms with E-state index in [0.29, 0.717) is 42.7 Å². The van der Waals surface area contributed by atoms with Crippen molar-refractivity contribution in [1.82, 2.24) is 9.55 Å². The van der Waals surface area contributed by atoms with Crippen LogP contribution >= 0.6 is 15.9 Å². The molecule has 1 aliphatic rings. The maximum atomic E-state index is 13.3. The van der Waals surface area contributed by atoms with Crippen molar-refractivity contribution in [2.45, 2.75) is 38.6 Å². The molecule has 2 aromatic carbocycles. The van der Waals surface area contributed by atoms with Gasteiger partial charge in [-0.15, -0.1) is 0 Å². The summed E-state index contributed by atoms with van der Waals surface area (Å²) in [7, 11) is 0. The summed E-state index contributed by atoms with van der Waals surface area (Å²) in [5.74, 6) is 0.230. The highest BCUT2D eigenvalue weighted by atomic mass is 79.9. The first kappa shape index (κ1) is 20.8. The molecular formula is C23H24BrN3O3. The van der Waals surface area contributed by atoms with Crippen LogP contribution in [0.25, 0.3) is 10.9 Å². The number of para-hydroxylation sites is 1. The average Bonchev–Trinajstić information content (AvgIpc) is 2.99. The molecule has 3 aromatic rings. The van der Waals surface area contributed by atoms with Crippen LogP contribution < -0.4 is 10.5 Å². The van der Waals surface area contributed by atoms with Crippen LogP contribution in [0.1, 0.15) is 37.1 Å². The summed E-state index contributed by atoms with van der Waals surface area (Å²) in [5.41, 5.74) is 2.39. The Morgan fingerprint density at radius 2 is 1.93 bits per heavy atom. The predicted molar refractivity (Wildman–Crippen MR) is 121 cm³/mol. The van der Waals surface area contributed by atoms with E-state index < -0.39 is 5.92 Å². The SMILES string of the molecule is CCCN1C(=O)[C@@H](Cc2nc3ccccc3c(=O)n2CCCO)c2cc(Br)ccc21. The summed E-state index contributed by atoms with van der Waals surface area (Å²) in [4.78, 5) is 33.0. The molecule has 30 heavy (non-hydrogen) atoms.